The number of phosphoric acid groups is 1. The highest BCUT2D eigenvalue weighted by molar-refractivity contribution is 7.46. The zero-order valence-corrected chi connectivity index (χ0v) is 26.0. The lowest BCUT2D eigenvalue weighted by molar-refractivity contribution is -0.135. The zero-order valence-electron chi connectivity index (χ0n) is 24.3. The van der Waals surface area contributed by atoms with Crippen LogP contribution in [0.15, 0.2) is 54.9 Å². The molecule has 1 aromatic carbocycles. The normalized spacial score (nSPS) is 15.8. The first kappa shape index (κ1) is 31.4. The highest BCUT2D eigenvalue weighted by atomic mass is 32.1. The van der Waals surface area contributed by atoms with Crippen molar-refractivity contribution < 1.29 is 37.6 Å². The molecule has 11 nitrogen and oxygen atoms in total. The molecule has 0 bridgehead atoms. The van der Waals surface area contributed by atoms with Gasteiger partial charge in [0.1, 0.15) is 18.1 Å². The van der Waals surface area contributed by atoms with E-state index in [4.69, 9.17) is 14.5 Å². The first-order valence-electron chi connectivity index (χ1n) is 14.6. The number of amides is 1. The molecule has 2 fully saturated rings. The molecule has 2 aliphatic rings. The second-order valence-corrected chi connectivity index (χ2v) is 13.6. The summed E-state index contributed by atoms with van der Waals surface area (Å²) in [4.78, 5) is 55.6. The van der Waals surface area contributed by atoms with Crippen molar-refractivity contribution in [3.8, 4) is 22.1 Å². The van der Waals surface area contributed by atoms with Gasteiger partial charge in [-0.05, 0) is 54.2 Å². The number of ketones is 1. The van der Waals surface area contributed by atoms with Gasteiger partial charge in [-0.25, -0.2) is 8.96 Å². The number of Topliss-reactive ketones (excluding diaryl/α,β-unsaturated/α-hetero) is 1. The third-order valence-electron chi connectivity index (χ3n) is 7.77. The van der Waals surface area contributed by atoms with Crippen LogP contribution in [-0.2, 0) is 31.6 Å². The lowest BCUT2D eigenvalue weighted by Crippen LogP contribution is -2.49. The number of carbonyl (C=O) groups is 2. The maximum absolute atomic E-state index is 15.0. The molecule has 1 saturated heterocycles. The molecule has 1 aliphatic heterocycles. The Morgan fingerprint density at radius 1 is 1.00 bits per heavy atom. The van der Waals surface area contributed by atoms with Gasteiger partial charge < -0.3 is 19.4 Å². The van der Waals surface area contributed by atoms with Crippen LogP contribution in [0.2, 0.25) is 0 Å². The summed E-state index contributed by atoms with van der Waals surface area (Å²) in [6, 6.07) is 12.2. The van der Waals surface area contributed by atoms with Crippen LogP contribution in [0.1, 0.15) is 30.4 Å². The minimum absolute atomic E-state index is 0.0815. The number of benzene rings is 1. The maximum Gasteiger partial charge on any atom is 0.470 e. The molecule has 6 rings (SSSR count). The molecule has 1 amide bonds. The fourth-order valence-corrected chi connectivity index (χ4v) is 6.55. The number of halogens is 1. The largest absolute Gasteiger partial charge is 0.470 e. The van der Waals surface area contributed by atoms with E-state index in [0.29, 0.717) is 61.9 Å². The van der Waals surface area contributed by atoms with Gasteiger partial charge >= 0.3 is 7.82 Å². The number of pyridine rings is 2. The van der Waals surface area contributed by atoms with Gasteiger partial charge in [0.2, 0.25) is 5.91 Å². The van der Waals surface area contributed by atoms with Gasteiger partial charge in [0.15, 0.2) is 11.6 Å². The van der Waals surface area contributed by atoms with Crippen LogP contribution in [0.25, 0.3) is 20.8 Å². The smallest absolute Gasteiger partial charge is 0.453 e. The SMILES string of the molecule is O=C(Cc1ccc(Oc2ccnc3cc(-c4ccc(CN5CCN(C(=O)COP(=O)(O)O)CC5)cn4)sc23)c(F)c1)CC1CC1. The summed E-state index contributed by atoms with van der Waals surface area (Å²) in [5, 5.41) is 0. The highest BCUT2D eigenvalue weighted by Gasteiger charge is 2.25. The average molecular weight is 655 g/mol. The second-order valence-electron chi connectivity index (χ2n) is 11.3. The Morgan fingerprint density at radius 3 is 2.47 bits per heavy atom. The Balaban J connectivity index is 1.06. The fraction of sp³-hybridized carbons (Fsp3) is 0.355. The predicted octanol–water partition coefficient (Wildman–Crippen LogP) is 4.95. The topological polar surface area (TPSA) is 142 Å². The summed E-state index contributed by atoms with van der Waals surface area (Å²) in [5.41, 5.74) is 3.11. The van der Waals surface area contributed by atoms with Crippen molar-refractivity contribution >= 4 is 41.1 Å². The molecule has 45 heavy (non-hydrogen) atoms. The number of hydrogen-bond acceptors (Lipinski definition) is 9. The summed E-state index contributed by atoms with van der Waals surface area (Å²) in [6.07, 6.45) is 6.43. The van der Waals surface area contributed by atoms with E-state index in [2.05, 4.69) is 19.4 Å². The third-order valence-corrected chi connectivity index (χ3v) is 9.40. The molecule has 1 aliphatic carbocycles. The Morgan fingerprint density at radius 2 is 1.78 bits per heavy atom. The second kappa shape index (κ2) is 13.4. The molecule has 4 aromatic rings. The van der Waals surface area contributed by atoms with Crippen LogP contribution in [0.3, 0.4) is 0 Å². The van der Waals surface area contributed by atoms with Gasteiger partial charge in [0.05, 0.1) is 20.8 Å². The van der Waals surface area contributed by atoms with Crippen LogP contribution in [0.4, 0.5) is 4.39 Å². The molecular formula is C31H32FN4O7PS. The van der Waals surface area contributed by atoms with E-state index in [1.54, 1.807) is 24.4 Å². The molecule has 0 spiro atoms. The van der Waals surface area contributed by atoms with Gasteiger partial charge in [-0.2, -0.15) is 0 Å². The number of fused-ring (bicyclic) bond motifs is 1. The number of rotatable bonds is 12. The molecule has 236 valence electrons. The number of aromatic nitrogens is 2. The molecule has 0 radical (unpaired) electrons. The van der Waals surface area contributed by atoms with E-state index in [1.165, 1.54) is 22.3 Å². The monoisotopic (exact) mass is 654 g/mol. The summed E-state index contributed by atoms with van der Waals surface area (Å²) < 4.78 is 36.9. The van der Waals surface area contributed by atoms with Crippen molar-refractivity contribution in [2.75, 3.05) is 32.8 Å². The van der Waals surface area contributed by atoms with Crippen molar-refractivity contribution in [2.45, 2.75) is 32.2 Å². The van der Waals surface area contributed by atoms with Crippen molar-refractivity contribution in [2.24, 2.45) is 5.92 Å². The van der Waals surface area contributed by atoms with Crippen molar-refractivity contribution in [1.29, 1.82) is 0 Å². The summed E-state index contributed by atoms with van der Waals surface area (Å²) in [7, 11) is -4.69. The maximum atomic E-state index is 15.0. The zero-order chi connectivity index (χ0) is 31.6. The van der Waals surface area contributed by atoms with E-state index in [9.17, 15) is 18.5 Å². The Hall–Kier alpha value is -3.58. The van der Waals surface area contributed by atoms with Crippen molar-refractivity contribution in [3.63, 3.8) is 0 Å². The van der Waals surface area contributed by atoms with Crippen LogP contribution < -0.4 is 4.74 Å². The summed E-state index contributed by atoms with van der Waals surface area (Å²) in [6.45, 7) is 2.07. The van der Waals surface area contributed by atoms with E-state index >= 15 is 0 Å². The van der Waals surface area contributed by atoms with E-state index in [0.717, 1.165) is 33.7 Å². The van der Waals surface area contributed by atoms with Crippen LogP contribution in [0.5, 0.6) is 11.5 Å². The number of thiophene rings is 1. The minimum Gasteiger partial charge on any atom is -0.453 e. The number of piperazine rings is 1. The fourth-order valence-electron chi connectivity index (χ4n) is 5.23. The predicted molar refractivity (Wildman–Crippen MR) is 165 cm³/mol. The van der Waals surface area contributed by atoms with Crippen LogP contribution in [0, 0.1) is 11.7 Å². The van der Waals surface area contributed by atoms with Gasteiger partial charge in [0.25, 0.3) is 0 Å². The minimum atomic E-state index is -4.69. The number of ether oxygens (including phenoxy) is 1. The number of phosphoric ester groups is 1. The quantitative estimate of drug-likeness (QED) is 0.202. The van der Waals surface area contributed by atoms with Crippen LogP contribution >= 0.6 is 19.2 Å². The molecule has 14 heteroatoms. The van der Waals surface area contributed by atoms with E-state index < -0.39 is 26.2 Å². The summed E-state index contributed by atoms with van der Waals surface area (Å²) >= 11 is 1.45. The Kier molecular flexibility index (Phi) is 9.36. The molecule has 0 unspecified atom stereocenters. The summed E-state index contributed by atoms with van der Waals surface area (Å²) in [5.74, 6) is 0.229. The molecular weight excluding hydrogens is 622 g/mol. The lowest BCUT2D eigenvalue weighted by Gasteiger charge is -2.34. The third kappa shape index (κ3) is 8.37. The first-order chi connectivity index (χ1) is 21.6. The lowest BCUT2D eigenvalue weighted by atomic mass is 10.0. The Labute approximate surface area is 262 Å². The van der Waals surface area contributed by atoms with E-state index in [-0.39, 0.29) is 18.0 Å². The average Bonchev–Trinajstić information content (AvgIpc) is 3.71. The van der Waals surface area contributed by atoms with Gasteiger partial charge in [-0.3, -0.25) is 29.0 Å². The number of hydrogen-bond donors (Lipinski definition) is 2. The highest BCUT2D eigenvalue weighted by Crippen LogP contribution is 2.39. The van der Waals surface area contributed by atoms with Crippen molar-refractivity contribution in [3.05, 3.63) is 71.8 Å². The standard InChI is InChI=1S/C31H32FN4O7PS/c32-24-15-21(14-23(37)13-20-1-2-20)4-6-27(24)43-28-7-8-33-26-16-29(45-31(26)28)25-5-3-22(17-34-25)18-35-9-11-36(12-10-35)30(38)19-42-44(39,40)41/h3-8,15-17,20H,1-2,9-14,18-19H2,(H2,39,40,41). The number of nitrogens with zero attached hydrogens (tertiary/aromatic N) is 4. The molecule has 0 atom stereocenters. The molecule has 4 heterocycles. The van der Waals surface area contributed by atoms with Crippen LogP contribution in [-0.4, -0.2) is 74.0 Å². The van der Waals surface area contributed by atoms with Crippen molar-refractivity contribution in [1.82, 2.24) is 19.8 Å². The van der Waals surface area contributed by atoms with Gasteiger partial charge in [-0.1, -0.05) is 12.1 Å². The Bertz CT molecular complexity index is 1750. The molecule has 3 aromatic heterocycles. The molecule has 1 saturated carbocycles. The first-order valence-corrected chi connectivity index (χ1v) is 17.0. The van der Waals surface area contributed by atoms with Gasteiger partial charge in [0, 0.05) is 64.0 Å². The van der Waals surface area contributed by atoms with E-state index in [1.807, 2.05) is 24.4 Å². The molecule has 2 N–H and O–H groups in total. The number of carbonyl (C=O) groups excluding carboxylic acids is 2. The van der Waals surface area contributed by atoms with Gasteiger partial charge in [-0.15, -0.1) is 11.3 Å².